The standard InChI is InChI=1S/C10H19N3O2/c1-4-12-8(14)5-6-9(15)13-7-10(2,3)11/h4H,1,5-7,11H2,2-3H3,(H,12,14)(H,13,15). The van der Waals surface area contributed by atoms with Gasteiger partial charge in [-0.2, -0.15) is 0 Å². The summed E-state index contributed by atoms with van der Waals surface area (Å²) in [6.45, 7) is 7.38. The Kier molecular flexibility index (Phi) is 5.62. The molecule has 15 heavy (non-hydrogen) atoms. The molecular formula is C10H19N3O2. The molecule has 0 atom stereocenters. The van der Waals surface area contributed by atoms with Crippen LogP contribution in [-0.4, -0.2) is 23.9 Å². The number of amides is 2. The summed E-state index contributed by atoms with van der Waals surface area (Å²) in [5.74, 6) is -0.389. The summed E-state index contributed by atoms with van der Waals surface area (Å²) in [4.78, 5) is 22.2. The first-order chi connectivity index (χ1) is 6.85. The molecule has 5 heteroatoms. The second kappa shape index (κ2) is 6.19. The van der Waals surface area contributed by atoms with E-state index in [0.29, 0.717) is 6.54 Å². The lowest BCUT2D eigenvalue weighted by molar-refractivity contribution is -0.126. The SMILES string of the molecule is C=CNC(=O)CCC(=O)NCC(C)(C)N. The first-order valence-electron chi connectivity index (χ1n) is 4.81. The number of nitrogens with two attached hydrogens (primary N) is 1. The van der Waals surface area contributed by atoms with Gasteiger partial charge in [0.25, 0.3) is 0 Å². The fourth-order valence-electron chi connectivity index (χ4n) is 0.828. The van der Waals surface area contributed by atoms with Crippen molar-refractivity contribution in [2.75, 3.05) is 6.54 Å². The maximum atomic E-state index is 11.2. The van der Waals surface area contributed by atoms with Gasteiger partial charge in [-0.25, -0.2) is 0 Å². The molecule has 0 spiro atoms. The molecule has 2 amide bonds. The van der Waals surface area contributed by atoms with Gasteiger partial charge in [0.1, 0.15) is 0 Å². The van der Waals surface area contributed by atoms with E-state index >= 15 is 0 Å². The molecule has 0 unspecified atom stereocenters. The summed E-state index contributed by atoms with van der Waals surface area (Å²) >= 11 is 0. The summed E-state index contributed by atoms with van der Waals surface area (Å²) in [7, 11) is 0. The maximum Gasteiger partial charge on any atom is 0.224 e. The molecule has 0 aliphatic rings. The molecule has 5 nitrogen and oxygen atoms in total. The molecule has 0 aromatic rings. The summed E-state index contributed by atoms with van der Waals surface area (Å²) in [5.41, 5.74) is 5.25. The summed E-state index contributed by atoms with van der Waals surface area (Å²) < 4.78 is 0. The van der Waals surface area contributed by atoms with Crippen LogP contribution >= 0.6 is 0 Å². The number of hydrogen-bond acceptors (Lipinski definition) is 3. The lowest BCUT2D eigenvalue weighted by Crippen LogP contribution is -2.45. The predicted octanol–water partition coefficient (Wildman–Crippen LogP) is -0.120. The van der Waals surface area contributed by atoms with Crippen molar-refractivity contribution in [3.63, 3.8) is 0 Å². The van der Waals surface area contributed by atoms with Crippen LogP contribution in [-0.2, 0) is 9.59 Å². The third-order valence-electron chi connectivity index (χ3n) is 1.58. The smallest absolute Gasteiger partial charge is 0.224 e. The molecule has 0 rings (SSSR count). The van der Waals surface area contributed by atoms with E-state index in [1.165, 1.54) is 6.20 Å². The Hall–Kier alpha value is -1.36. The van der Waals surface area contributed by atoms with Crippen LogP contribution in [0.25, 0.3) is 0 Å². The van der Waals surface area contributed by atoms with Crippen molar-refractivity contribution < 1.29 is 9.59 Å². The van der Waals surface area contributed by atoms with Gasteiger partial charge in [0.15, 0.2) is 0 Å². The van der Waals surface area contributed by atoms with Crippen molar-refractivity contribution >= 4 is 11.8 Å². The van der Waals surface area contributed by atoms with Gasteiger partial charge in [-0.1, -0.05) is 6.58 Å². The Morgan fingerprint density at radius 1 is 1.33 bits per heavy atom. The van der Waals surface area contributed by atoms with Gasteiger partial charge in [-0.15, -0.1) is 0 Å². The van der Waals surface area contributed by atoms with E-state index in [9.17, 15) is 9.59 Å². The van der Waals surface area contributed by atoms with Crippen LogP contribution in [0, 0.1) is 0 Å². The Balaban J connectivity index is 3.67. The van der Waals surface area contributed by atoms with Crippen LogP contribution in [0.2, 0.25) is 0 Å². The van der Waals surface area contributed by atoms with E-state index in [1.807, 2.05) is 13.8 Å². The van der Waals surface area contributed by atoms with Crippen molar-refractivity contribution in [1.82, 2.24) is 10.6 Å². The fourth-order valence-corrected chi connectivity index (χ4v) is 0.828. The molecule has 0 aromatic carbocycles. The molecule has 0 saturated heterocycles. The molecule has 4 N–H and O–H groups in total. The quantitative estimate of drug-likeness (QED) is 0.575. The molecule has 0 radical (unpaired) electrons. The topological polar surface area (TPSA) is 84.2 Å². The zero-order valence-corrected chi connectivity index (χ0v) is 9.30. The first-order valence-corrected chi connectivity index (χ1v) is 4.81. The average molecular weight is 213 g/mol. The highest BCUT2D eigenvalue weighted by Crippen LogP contribution is 1.94. The van der Waals surface area contributed by atoms with E-state index in [4.69, 9.17) is 5.73 Å². The van der Waals surface area contributed by atoms with Crippen molar-refractivity contribution in [2.24, 2.45) is 5.73 Å². The van der Waals surface area contributed by atoms with E-state index in [-0.39, 0.29) is 24.7 Å². The largest absolute Gasteiger partial charge is 0.354 e. The normalized spacial score (nSPS) is 10.6. The number of hydrogen-bond donors (Lipinski definition) is 3. The summed E-state index contributed by atoms with van der Waals surface area (Å²) in [6, 6.07) is 0. The first kappa shape index (κ1) is 13.6. The van der Waals surface area contributed by atoms with E-state index in [1.54, 1.807) is 0 Å². The maximum absolute atomic E-state index is 11.2. The highest BCUT2D eigenvalue weighted by atomic mass is 16.2. The predicted molar refractivity (Wildman–Crippen MR) is 58.8 cm³/mol. The van der Waals surface area contributed by atoms with Gasteiger partial charge in [-0.3, -0.25) is 9.59 Å². The van der Waals surface area contributed by atoms with Crippen molar-refractivity contribution in [1.29, 1.82) is 0 Å². The van der Waals surface area contributed by atoms with Gasteiger partial charge in [0.05, 0.1) is 0 Å². The van der Waals surface area contributed by atoms with Crippen molar-refractivity contribution in [3.05, 3.63) is 12.8 Å². The molecule has 0 fully saturated rings. The van der Waals surface area contributed by atoms with E-state index in [0.717, 1.165) is 0 Å². The third-order valence-corrected chi connectivity index (χ3v) is 1.58. The highest BCUT2D eigenvalue weighted by Gasteiger charge is 2.12. The van der Waals surface area contributed by atoms with E-state index in [2.05, 4.69) is 17.2 Å². The second-order valence-corrected chi connectivity index (χ2v) is 4.04. The van der Waals surface area contributed by atoms with Crippen LogP contribution in [0.3, 0.4) is 0 Å². The zero-order chi connectivity index (χ0) is 11.9. The monoisotopic (exact) mass is 213 g/mol. The van der Waals surface area contributed by atoms with Gasteiger partial charge in [0, 0.05) is 24.9 Å². The van der Waals surface area contributed by atoms with Crippen LogP contribution in [0.5, 0.6) is 0 Å². The minimum Gasteiger partial charge on any atom is -0.354 e. The Bertz CT molecular complexity index is 244. The van der Waals surface area contributed by atoms with Gasteiger partial charge < -0.3 is 16.4 Å². The molecule has 0 aromatic heterocycles. The third kappa shape index (κ3) is 8.96. The summed E-state index contributed by atoms with van der Waals surface area (Å²) in [5, 5.41) is 5.04. The number of carbonyl (C=O) groups is 2. The molecule has 86 valence electrons. The highest BCUT2D eigenvalue weighted by molar-refractivity contribution is 5.84. The molecule has 0 aliphatic heterocycles. The van der Waals surface area contributed by atoms with Crippen LogP contribution in [0.1, 0.15) is 26.7 Å². The van der Waals surface area contributed by atoms with Crippen molar-refractivity contribution in [2.45, 2.75) is 32.2 Å². The number of carbonyl (C=O) groups excluding carboxylic acids is 2. The molecular weight excluding hydrogens is 194 g/mol. The molecule has 0 saturated carbocycles. The molecule has 0 heterocycles. The molecule has 0 aliphatic carbocycles. The number of rotatable bonds is 6. The summed E-state index contributed by atoms with van der Waals surface area (Å²) in [6.07, 6.45) is 1.61. The van der Waals surface area contributed by atoms with Gasteiger partial charge in [0.2, 0.25) is 11.8 Å². The minimum absolute atomic E-state index is 0.156. The average Bonchev–Trinajstić information content (AvgIpc) is 2.11. The van der Waals surface area contributed by atoms with Gasteiger partial charge >= 0.3 is 0 Å². The van der Waals surface area contributed by atoms with Crippen LogP contribution in [0.15, 0.2) is 12.8 Å². The van der Waals surface area contributed by atoms with Crippen LogP contribution in [0.4, 0.5) is 0 Å². The van der Waals surface area contributed by atoms with Gasteiger partial charge in [-0.05, 0) is 20.0 Å². The molecule has 0 bridgehead atoms. The second-order valence-electron chi connectivity index (χ2n) is 4.04. The lowest BCUT2D eigenvalue weighted by atomic mass is 10.1. The Morgan fingerprint density at radius 2 is 1.87 bits per heavy atom. The van der Waals surface area contributed by atoms with Crippen LogP contribution < -0.4 is 16.4 Å². The fraction of sp³-hybridized carbons (Fsp3) is 0.600. The Morgan fingerprint density at radius 3 is 2.33 bits per heavy atom. The number of nitrogens with one attached hydrogen (secondary N) is 2. The van der Waals surface area contributed by atoms with E-state index < -0.39 is 5.54 Å². The Labute approximate surface area is 90.1 Å². The lowest BCUT2D eigenvalue weighted by Gasteiger charge is -2.18. The minimum atomic E-state index is -0.432. The van der Waals surface area contributed by atoms with Crippen molar-refractivity contribution in [3.8, 4) is 0 Å². The zero-order valence-electron chi connectivity index (χ0n) is 9.30.